The molecule has 5 rings (SSSR count). The summed E-state index contributed by atoms with van der Waals surface area (Å²) in [4.78, 5) is 33.9. The van der Waals surface area contributed by atoms with Crippen molar-refractivity contribution in [1.29, 1.82) is 0 Å². The number of hydrogen-bond donors (Lipinski definition) is 1. The Labute approximate surface area is 220 Å². The van der Waals surface area contributed by atoms with Gasteiger partial charge in [-0.2, -0.15) is 18.2 Å². The Balaban J connectivity index is 1.48. The zero-order valence-corrected chi connectivity index (χ0v) is 20.6. The molecule has 0 bridgehead atoms. The molecular formula is C27H22F4N4O4. The molecule has 1 saturated heterocycles. The van der Waals surface area contributed by atoms with Gasteiger partial charge in [-0.1, -0.05) is 23.2 Å². The number of aromatic nitrogens is 2. The van der Waals surface area contributed by atoms with Crippen LogP contribution in [0.15, 0.2) is 47.0 Å². The van der Waals surface area contributed by atoms with Crippen molar-refractivity contribution >= 4 is 17.5 Å². The van der Waals surface area contributed by atoms with E-state index in [1.165, 1.54) is 36.1 Å². The summed E-state index contributed by atoms with van der Waals surface area (Å²) in [5.74, 6) is 0.278. The predicted octanol–water partition coefficient (Wildman–Crippen LogP) is 3.95. The van der Waals surface area contributed by atoms with Crippen LogP contribution in [0.25, 0.3) is 0 Å². The highest BCUT2D eigenvalue weighted by molar-refractivity contribution is 6.10. The maximum atomic E-state index is 14.9. The summed E-state index contributed by atoms with van der Waals surface area (Å²) in [6.07, 6.45) is -0.0569. The van der Waals surface area contributed by atoms with Gasteiger partial charge < -0.3 is 14.5 Å². The van der Waals surface area contributed by atoms with Crippen LogP contribution in [-0.2, 0) is 22.3 Å². The van der Waals surface area contributed by atoms with E-state index < -0.39 is 53.5 Å². The predicted molar refractivity (Wildman–Crippen MR) is 128 cm³/mol. The Morgan fingerprint density at radius 3 is 2.46 bits per heavy atom. The van der Waals surface area contributed by atoms with Gasteiger partial charge in [0.1, 0.15) is 24.0 Å². The Hall–Kier alpha value is -4.24. The first-order chi connectivity index (χ1) is 18.4. The van der Waals surface area contributed by atoms with E-state index in [0.29, 0.717) is 5.56 Å². The van der Waals surface area contributed by atoms with Crippen molar-refractivity contribution in [3.63, 3.8) is 0 Å². The minimum Gasteiger partial charge on any atom is -0.385 e. The van der Waals surface area contributed by atoms with Crippen molar-refractivity contribution in [2.45, 2.75) is 50.0 Å². The van der Waals surface area contributed by atoms with Crippen molar-refractivity contribution in [3.05, 3.63) is 76.7 Å². The third kappa shape index (κ3) is 4.63. The SMILES string of the molecule is C#Cc1ccc(N2CC(=O)N(Cc3ccc(C(F)(F)F)cc3)C3(CC(c4nc(C(C)O)no4)C3)C2=O)c(F)c1. The molecule has 2 aliphatic rings. The molecular weight excluding hydrogens is 520 g/mol. The highest BCUT2D eigenvalue weighted by Crippen LogP contribution is 2.51. The summed E-state index contributed by atoms with van der Waals surface area (Å²) in [5, 5.41) is 13.4. The van der Waals surface area contributed by atoms with Gasteiger partial charge in [-0.15, -0.1) is 6.42 Å². The van der Waals surface area contributed by atoms with Gasteiger partial charge in [-0.3, -0.25) is 14.5 Å². The van der Waals surface area contributed by atoms with Crippen LogP contribution in [0.1, 0.15) is 60.2 Å². The molecule has 1 aromatic heterocycles. The number of alkyl halides is 3. The van der Waals surface area contributed by atoms with Gasteiger partial charge in [-0.05, 0) is 55.7 Å². The largest absolute Gasteiger partial charge is 0.416 e. The second kappa shape index (κ2) is 9.50. The van der Waals surface area contributed by atoms with E-state index in [9.17, 15) is 32.3 Å². The topological polar surface area (TPSA) is 99.8 Å². The highest BCUT2D eigenvalue weighted by atomic mass is 19.4. The molecule has 1 saturated carbocycles. The molecule has 8 nitrogen and oxygen atoms in total. The van der Waals surface area contributed by atoms with Crippen molar-refractivity contribution < 1.29 is 36.8 Å². The maximum absolute atomic E-state index is 14.9. The van der Waals surface area contributed by atoms with E-state index in [1.807, 2.05) is 0 Å². The van der Waals surface area contributed by atoms with Crippen LogP contribution in [-0.4, -0.2) is 44.0 Å². The number of benzene rings is 2. The number of hydrogen-bond acceptors (Lipinski definition) is 6. The van der Waals surface area contributed by atoms with Crippen LogP contribution in [0.4, 0.5) is 23.2 Å². The summed E-state index contributed by atoms with van der Waals surface area (Å²) < 4.78 is 59.3. The fraction of sp³-hybridized carbons (Fsp3) is 0.333. The lowest BCUT2D eigenvalue weighted by atomic mass is 9.65. The number of carbonyl (C=O) groups excluding carboxylic acids is 2. The van der Waals surface area contributed by atoms with E-state index in [2.05, 4.69) is 16.1 Å². The number of halogens is 4. The summed E-state index contributed by atoms with van der Waals surface area (Å²) in [7, 11) is 0. The van der Waals surface area contributed by atoms with Crippen LogP contribution in [0.2, 0.25) is 0 Å². The molecule has 1 unspecified atom stereocenters. The van der Waals surface area contributed by atoms with E-state index in [4.69, 9.17) is 10.9 Å². The third-order valence-corrected chi connectivity index (χ3v) is 7.13. The molecule has 1 atom stereocenters. The molecule has 202 valence electrons. The molecule has 1 N–H and O–H groups in total. The number of aliphatic hydroxyl groups excluding tert-OH is 1. The van der Waals surface area contributed by atoms with Crippen molar-refractivity contribution in [2.24, 2.45) is 0 Å². The number of aliphatic hydroxyl groups is 1. The summed E-state index contributed by atoms with van der Waals surface area (Å²) in [6, 6.07) is 8.20. The van der Waals surface area contributed by atoms with Crippen LogP contribution in [0.3, 0.4) is 0 Å². The molecule has 1 spiro atoms. The molecule has 1 aliphatic heterocycles. The van der Waals surface area contributed by atoms with Gasteiger partial charge in [0.25, 0.3) is 5.91 Å². The zero-order valence-electron chi connectivity index (χ0n) is 20.6. The van der Waals surface area contributed by atoms with Crippen molar-refractivity contribution in [2.75, 3.05) is 11.4 Å². The number of anilines is 1. The van der Waals surface area contributed by atoms with E-state index in [0.717, 1.165) is 23.1 Å². The smallest absolute Gasteiger partial charge is 0.385 e. The standard InChI is InChI=1S/C27H22F4N4O4/c1-3-16-6-9-21(20(28)10-16)34-14-22(37)35(13-17-4-7-19(8-5-17)27(29,30)31)26(25(34)38)11-18(12-26)24-32-23(15(2)36)33-39-24/h1,4-10,15,18,36H,11-14H2,2H3. The average molecular weight is 542 g/mol. The Bertz CT molecular complexity index is 1470. The summed E-state index contributed by atoms with van der Waals surface area (Å²) in [5.41, 5.74) is -1.73. The number of rotatable bonds is 5. The number of piperazine rings is 1. The Morgan fingerprint density at radius 2 is 1.90 bits per heavy atom. The summed E-state index contributed by atoms with van der Waals surface area (Å²) in [6.45, 7) is 0.860. The fourth-order valence-corrected chi connectivity index (χ4v) is 5.04. The number of nitrogens with zero attached hydrogens (tertiary/aromatic N) is 4. The van der Waals surface area contributed by atoms with E-state index in [1.54, 1.807) is 0 Å². The van der Waals surface area contributed by atoms with Crippen molar-refractivity contribution in [3.8, 4) is 12.3 Å². The van der Waals surface area contributed by atoms with Crippen LogP contribution in [0, 0.1) is 18.2 Å². The first-order valence-electron chi connectivity index (χ1n) is 12.0. The average Bonchev–Trinajstić information content (AvgIpc) is 3.35. The number of terminal acetylenes is 1. The van der Waals surface area contributed by atoms with Gasteiger partial charge in [0.05, 0.1) is 11.3 Å². The lowest BCUT2D eigenvalue weighted by Crippen LogP contribution is -2.72. The molecule has 2 fully saturated rings. The van der Waals surface area contributed by atoms with Gasteiger partial charge in [0.15, 0.2) is 5.82 Å². The quantitative estimate of drug-likeness (QED) is 0.387. The Morgan fingerprint density at radius 1 is 1.21 bits per heavy atom. The minimum atomic E-state index is -4.52. The van der Waals surface area contributed by atoms with Gasteiger partial charge in [0, 0.05) is 18.0 Å². The first kappa shape index (κ1) is 26.4. The normalized spacial score (nSPS) is 22.1. The molecule has 39 heavy (non-hydrogen) atoms. The molecule has 1 aliphatic carbocycles. The minimum absolute atomic E-state index is 0.0558. The molecule has 2 heterocycles. The Kier molecular flexibility index (Phi) is 6.42. The zero-order chi connectivity index (χ0) is 28.1. The monoisotopic (exact) mass is 542 g/mol. The van der Waals surface area contributed by atoms with Crippen LogP contribution >= 0.6 is 0 Å². The van der Waals surface area contributed by atoms with Gasteiger partial charge >= 0.3 is 6.18 Å². The second-order valence-corrected chi connectivity index (χ2v) is 9.68. The first-order valence-corrected chi connectivity index (χ1v) is 12.0. The van der Waals surface area contributed by atoms with E-state index >= 15 is 0 Å². The third-order valence-electron chi connectivity index (χ3n) is 7.13. The lowest BCUT2D eigenvalue weighted by Gasteiger charge is -2.56. The lowest BCUT2D eigenvalue weighted by molar-refractivity contribution is -0.160. The molecule has 12 heteroatoms. The fourth-order valence-electron chi connectivity index (χ4n) is 5.04. The van der Waals surface area contributed by atoms with Gasteiger partial charge in [0.2, 0.25) is 11.8 Å². The summed E-state index contributed by atoms with van der Waals surface area (Å²) >= 11 is 0. The second-order valence-electron chi connectivity index (χ2n) is 9.68. The molecule has 2 aromatic carbocycles. The molecule has 0 radical (unpaired) electrons. The maximum Gasteiger partial charge on any atom is 0.416 e. The highest BCUT2D eigenvalue weighted by Gasteiger charge is 2.61. The molecule has 2 amide bonds. The number of carbonyl (C=O) groups is 2. The molecule has 3 aromatic rings. The van der Waals surface area contributed by atoms with Crippen LogP contribution in [0.5, 0.6) is 0 Å². The number of amides is 2. The van der Waals surface area contributed by atoms with Gasteiger partial charge in [-0.25, -0.2) is 4.39 Å². The van der Waals surface area contributed by atoms with E-state index in [-0.39, 0.29) is 42.4 Å². The van der Waals surface area contributed by atoms with Crippen LogP contribution < -0.4 is 4.90 Å². The van der Waals surface area contributed by atoms with Crippen molar-refractivity contribution in [1.82, 2.24) is 15.0 Å².